The third kappa shape index (κ3) is 3.33. The Morgan fingerprint density at radius 1 is 1.00 bits per heavy atom. The standard InChI is InChI=1S/C16H18N6O2S/c23-25(24)14-5-2-1-4-13(14)19-15(20-25)12-21-8-10-22(11-9-21)16-17-6-3-7-18-16/h1-7H,8-12H2,(H,19,20). The first-order chi connectivity index (χ1) is 12.1. The molecule has 4 rings (SSSR count). The molecule has 1 fully saturated rings. The average molecular weight is 358 g/mol. The van der Waals surface area contributed by atoms with Crippen molar-refractivity contribution < 1.29 is 8.42 Å². The number of aromatic nitrogens is 2. The summed E-state index contributed by atoms with van der Waals surface area (Å²) >= 11 is 0. The normalized spacial score (nSPS) is 19.7. The summed E-state index contributed by atoms with van der Waals surface area (Å²) in [4.78, 5) is 13.1. The quantitative estimate of drug-likeness (QED) is 0.868. The van der Waals surface area contributed by atoms with Crippen LogP contribution in [-0.2, 0) is 10.0 Å². The Bertz CT molecular complexity index is 892. The van der Waals surface area contributed by atoms with Crippen LogP contribution in [0.2, 0.25) is 0 Å². The number of fused-ring (bicyclic) bond motifs is 1. The van der Waals surface area contributed by atoms with E-state index < -0.39 is 10.0 Å². The van der Waals surface area contributed by atoms with Crippen molar-refractivity contribution >= 4 is 27.5 Å². The van der Waals surface area contributed by atoms with Crippen LogP contribution in [-0.4, -0.2) is 61.8 Å². The van der Waals surface area contributed by atoms with Gasteiger partial charge in [0, 0.05) is 38.6 Å². The van der Waals surface area contributed by atoms with E-state index in [4.69, 9.17) is 0 Å². The smallest absolute Gasteiger partial charge is 0.286 e. The van der Waals surface area contributed by atoms with Crippen molar-refractivity contribution in [2.75, 3.05) is 42.9 Å². The van der Waals surface area contributed by atoms with Gasteiger partial charge >= 0.3 is 0 Å². The molecule has 3 heterocycles. The molecular weight excluding hydrogens is 340 g/mol. The first-order valence-electron chi connectivity index (χ1n) is 8.06. The van der Waals surface area contributed by atoms with Crippen molar-refractivity contribution in [2.45, 2.75) is 4.90 Å². The van der Waals surface area contributed by atoms with Crippen molar-refractivity contribution in [3.8, 4) is 0 Å². The van der Waals surface area contributed by atoms with E-state index in [1.165, 1.54) is 0 Å². The van der Waals surface area contributed by atoms with Gasteiger partial charge in [-0.25, -0.2) is 9.97 Å². The SMILES string of the molecule is O=S1(=O)N=C(CN2CCN(c3ncccn3)CC2)Nc2ccccc21. The van der Waals surface area contributed by atoms with Crippen molar-refractivity contribution in [3.63, 3.8) is 0 Å². The van der Waals surface area contributed by atoms with E-state index in [1.807, 2.05) is 6.07 Å². The largest absolute Gasteiger partial charge is 0.341 e. The third-order valence-corrected chi connectivity index (χ3v) is 5.63. The van der Waals surface area contributed by atoms with Gasteiger partial charge in [-0.05, 0) is 18.2 Å². The highest BCUT2D eigenvalue weighted by Crippen LogP contribution is 2.26. The van der Waals surface area contributed by atoms with E-state index in [0.717, 1.165) is 32.1 Å². The van der Waals surface area contributed by atoms with Gasteiger partial charge in [0.1, 0.15) is 10.7 Å². The van der Waals surface area contributed by atoms with Crippen LogP contribution in [0, 0.1) is 0 Å². The van der Waals surface area contributed by atoms with Crippen LogP contribution < -0.4 is 10.2 Å². The summed E-state index contributed by atoms with van der Waals surface area (Å²) in [5, 5.41) is 3.13. The van der Waals surface area contributed by atoms with Gasteiger partial charge in [-0.15, -0.1) is 4.40 Å². The maximum atomic E-state index is 12.3. The lowest BCUT2D eigenvalue weighted by atomic mass is 10.3. The van der Waals surface area contributed by atoms with Crippen LogP contribution in [0.3, 0.4) is 0 Å². The van der Waals surface area contributed by atoms with Crippen molar-refractivity contribution in [3.05, 3.63) is 42.7 Å². The lowest BCUT2D eigenvalue weighted by Crippen LogP contribution is -2.49. The van der Waals surface area contributed by atoms with Gasteiger partial charge in [0.2, 0.25) is 5.95 Å². The summed E-state index contributed by atoms with van der Waals surface area (Å²) in [7, 11) is -3.63. The summed E-state index contributed by atoms with van der Waals surface area (Å²) in [5.41, 5.74) is 0.587. The predicted octanol–water partition coefficient (Wildman–Crippen LogP) is 0.811. The molecule has 25 heavy (non-hydrogen) atoms. The first kappa shape index (κ1) is 16.0. The molecule has 1 saturated heterocycles. The molecule has 1 aromatic heterocycles. The molecule has 0 spiro atoms. The average Bonchev–Trinajstić information content (AvgIpc) is 2.63. The van der Waals surface area contributed by atoms with Gasteiger partial charge in [0.25, 0.3) is 10.0 Å². The number of para-hydroxylation sites is 1. The fourth-order valence-corrected chi connectivity index (χ4v) is 4.15. The fraction of sp³-hybridized carbons (Fsp3) is 0.312. The van der Waals surface area contributed by atoms with Crippen molar-refractivity contribution in [1.82, 2.24) is 14.9 Å². The summed E-state index contributed by atoms with van der Waals surface area (Å²) < 4.78 is 28.5. The molecule has 2 aromatic rings. The van der Waals surface area contributed by atoms with Gasteiger partial charge < -0.3 is 10.2 Å². The number of nitrogens with one attached hydrogen (secondary N) is 1. The Morgan fingerprint density at radius 2 is 1.72 bits per heavy atom. The fourth-order valence-electron chi connectivity index (χ4n) is 3.01. The van der Waals surface area contributed by atoms with Crippen LogP contribution in [0.25, 0.3) is 0 Å². The summed E-state index contributed by atoms with van der Waals surface area (Å²) in [5.74, 6) is 1.19. The lowest BCUT2D eigenvalue weighted by Gasteiger charge is -2.35. The van der Waals surface area contributed by atoms with Gasteiger partial charge in [-0.1, -0.05) is 12.1 Å². The second kappa shape index (κ2) is 6.41. The van der Waals surface area contributed by atoms with Crippen molar-refractivity contribution in [2.24, 2.45) is 4.40 Å². The highest BCUT2D eigenvalue weighted by atomic mass is 32.2. The number of anilines is 2. The molecule has 0 aliphatic carbocycles. The molecule has 0 amide bonds. The number of rotatable bonds is 3. The third-order valence-electron chi connectivity index (χ3n) is 4.25. The van der Waals surface area contributed by atoms with Crippen molar-refractivity contribution in [1.29, 1.82) is 0 Å². The van der Waals surface area contributed by atoms with E-state index in [0.29, 0.717) is 18.1 Å². The molecule has 2 aliphatic heterocycles. The van der Waals surface area contributed by atoms with E-state index in [2.05, 4.69) is 29.5 Å². The number of nitrogens with zero attached hydrogens (tertiary/aromatic N) is 5. The highest BCUT2D eigenvalue weighted by molar-refractivity contribution is 7.90. The van der Waals surface area contributed by atoms with Crippen LogP contribution in [0.5, 0.6) is 0 Å². The Hall–Kier alpha value is -2.52. The van der Waals surface area contributed by atoms with E-state index in [-0.39, 0.29) is 4.90 Å². The zero-order valence-corrected chi connectivity index (χ0v) is 14.4. The summed E-state index contributed by atoms with van der Waals surface area (Å²) in [6.45, 7) is 3.64. The molecule has 0 atom stereocenters. The molecule has 1 N–H and O–H groups in total. The van der Waals surface area contributed by atoms with Gasteiger partial charge in [-0.2, -0.15) is 8.42 Å². The topological polar surface area (TPSA) is 90.8 Å². The number of amidine groups is 1. The molecule has 9 heteroatoms. The summed E-state index contributed by atoms with van der Waals surface area (Å²) in [6, 6.07) is 8.63. The Morgan fingerprint density at radius 3 is 2.48 bits per heavy atom. The van der Waals surface area contributed by atoms with Gasteiger partial charge in [-0.3, -0.25) is 4.90 Å². The van der Waals surface area contributed by atoms with Gasteiger partial charge in [0.15, 0.2) is 0 Å². The number of hydrogen-bond donors (Lipinski definition) is 1. The minimum atomic E-state index is -3.63. The lowest BCUT2D eigenvalue weighted by molar-refractivity contribution is 0.290. The van der Waals surface area contributed by atoms with Gasteiger partial charge in [0.05, 0.1) is 12.2 Å². The van der Waals surface area contributed by atoms with Crippen LogP contribution >= 0.6 is 0 Å². The summed E-state index contributed by atoms with van der Waals surface area (Å²) in [6.07, 6.45) is 3.47. The second-order valence-corrected chi connectivity index (χ2v) is 7.52. The van der Waals surface area contributed by atoms with E-state index >= 15 is 0 Å². The second-order valence-electron chi connectivity index (χ2n) is 5.95. The Kier molecular flexibility index (Phi) is 4.10. The highest BCUT2D eigenvalue weighted by Gasteiger charge is 2.26. The number of piperazine rings is 1. The minimum Gasteiger partial charge on any atom is -0.341 e. The maximum absolute atomic E-state index is 12.3. The molecule has 0 unspecified atom stereocenters. The minimum absolute atomic E-state index is 0.227. The van der Waals surface area contributed by atoms with E-state index in [9.17, 15) is 8.42 Å². The Labute approximate surface area is 146 Å². The molecule has 1 aromatic carbocycles. The molecule has 8 nitrogen and oxygen atoms in total. The molecule has 0 bridgehead atoms. The molecule has 130 valence electrons. The number of hydrogen-bond acceptors (Lipinski definition) is 7. The molecule has 2 aliphatic rings. The monoisotopic (exact) mass is 358 g/mol. The number of benzene rings is 1. The van der Waals surface area contributed by atoms with Crippen LogP contribution in [0.15, 0.2) is 52.0 Å². The number of sulfonamides is 1. The van der Waals surface area contributed by atoms with Crippen LogP contribution in [0.1, 0.15) is 0 Å². The first-order valence-corrected chi connectivity index (χ1v) is 9.50. The maximum Gasteiger partial charge on any atom is 0.286 e. The zero-order valence-electron chi connectivity index (χ0n) is 13.5. The molecule has 0 radical (unpaired) electrons. The molecule has 0 saturated carbocycles. The Balaban J connectivity index is 1.42. The molecular formula is C16H18N6O2S. The van der Waals surface area contributed by atoms with Crippen LogP contribution in [0.4, 0.5) is 11.6 Å². The van der Waals surface area contributed by atoms with E-state index in [1.54, 1.807) is 36.7 Å². The predicted molar refractivity (Wildman–Crippen MR) is 95.4 cm³/mol. The zero-order chi connectivity index (χ0) is 17.3.